The third kappa shape index (κ3) is 5.52. The summed E-state index contributed by atoms with van der Waals surface area (Å²) in [5.74, 6) is -0.0175. The molecule has 2 aromatic rings. The van der Waals surface area contributed by atoms with E-state index in [-0.39, 0.29) is 5.97 Å². The highest BCUT2D eigenvalue weighted by molar-refractivity contribution is 5.77. The van der Waals surface area contributed by atoms with Gasteiger partial charge in [0.2, 0.25) is 0 Å². The van der Waals surface area contributed by atoms with Crippen LogP contribution >= 0.6 is 0 Å². The van der Waals surface area contributed by atoms with Crippen molar-refractivity contribution in [2.75, 3.05) is 32.8 Å². The highest BCUT2D eigenvalue weighted by atomic mass is 16.5. The van der Waals surface area contributed by atoms with Gasteiger partial charge in [0.1, 0.15) is 0 Å². The molecule has 2 saturated heterocycles. The molecule has 0 spiro atoms. The van der Waals surface area contributed by atoms with Crippen molar-refractivity contribution in [1.82, 2.24) is 14.8 Å². The normalized spacial score (nSPS) is 23.5. The molecular weight excluding hydrogens is 386 g/mol. The van der Waals surface area contributed by atoms with Crippen molar-refractivity contribution in [3.05, 3.63) is 66.0 Å². The molecule has 1 aromatic carbocycles. The maximum atomic E-state index is 13.1. The van der Waals surface area contributed by atoms with Gasteiger partial charge in [0, 0.05) is 38.4 Å². The van der Waals surface area contributed by atoms with Gasteiger partial charge in [-0.15, -0.1) is 0 Å². The lowest BCUT2D eigenvalue weighted by Crippen LogP contribution is -2.55. The number of ether oxygens (including phenoxy) is 1. The van der Waals surface area contributed by atoms with Crippen LogP contribution in [0.15, 0.2) is 54.7 Å². The summed E-state index contributed by atoms with van der Waals surface area (Å²) in [4.78, 5) is 22.7. The number of hydrogen-bond acceptors (Lipinski definition) is 5. The number of carbonyl (C=O) groups excluding carboxylic acids is 1. The number of esters is 1. The van der Waals surface area contributed by atoms with E-state index in [9.17, 15) is 4.79 Å². The Morgan fingerprint density at radius 3 is 2.58 bits per heavy atom. The number of rotatable bonds is 7. The highest BCUT2D eigenvalue weighted by Crippen LogP contribution is 2.37. The fourth-order valence-corrected chi connectivity index (χ4v) is 5.30. The SMILES string of the molecule is CCOC(=O)C1(Cc2ccccc2)CCCN(C2CCN(Cc3ccccn3)CC2)C1. The van der Waals surface area contributed by atoms with Gasteiger partial charge in [-0.3, -0.25) is 19.6 Å². The maximum absolute atomic E-state index is 13.1. The first-order chi connectivity index (χ1) is 15.2. The van der Waals surface area contributed by atoms with Crippen molar-refractivity contribution in [2.24, 2.45) is 5.41 Å². The van der Waals surface area contributed by atoms with Crippen molar-refractivity contribution in [1.29, 1.82) is 0 Å². The van der Waals surface area contributed by atoms with Gasteiger partial charge in [-0.1, -0.05) is 36.4 Å². The number of carbonyl (C=O) groups is 1. The molecule has 31 heavy (non-hydrogen) atoms. The first kappa shape index (κ1) is 22.0. The Bertz CT molecular complexity index is 821. The molecule has 5 heteroatoms. The zero-order valence-corrected chi connectivity index (χ0v) is 18.7. The van der Waals surface area contributed by atoms with E-state index in [1.807, 2.05) is 25.3 Å². The third-order valence-corrected chi connectivity index (χ3v) is 6.89. The molecule has 0 amide bonds. The van der Waals surface area contributed by atoms with E-state index in [4.69, 9.17) is 4.74 Å². The molecular formula is C26H35N3O2. The minimum absolute atomic E-state index is 0.0175. The average Bonchev–Trinajstić information content (AvgIpc) is 2.81. The Balaban J connectivity index is 1.40. The number of nitrogens with zero attached hydrogens (tertiary/aromatic N) is 3. The summed E-state index contributed by atoms with van der Waals surface area (Å²) >= 11 is 0. The van der Waals surface area contributed by atoms with Crippen LogP contribution in [0, 0.1) is 5.41 Å². The zero-order chi connectivity index (χ0) is 21.5. The van der Waals surface area contributed by atoms with Crippen LogP contribution < -0.4 is 0 Å². The Kier molecular flexibility index (Phi) is 7.36. The zero-order valence-electron chi connectivity index (χ0n) is 18.7. The molecule has 1 aromatic heterocycles. The van der Waals surface area contributed by atoms with Gasteiger partial charge in [-0.05, 0) is 63.3 Å². The van der Waals surface area contributed by atoms with Gasteiger partial charge < -0.3 is 4.74 Å². The van der Waals surface area contributed by atoms with E-state index in [2.05, 4.69) is 51.2 Å². The predicted molar refractivity (Wildman–Crippen MR) is 123 cm³/mol. The van der Waals surface area contributed by atoms with Crippen LogP contribution in [0.2, 0.25) is 0 Å². The third-order valence-electron chi connectivity index (χ3n) is 6.89. The number of likely N-dealkylation sites (tertiary alicyclic amines) is 2. The standard InChI is InChI=1S/C26H35N3O2/c1-2-31-25(30)26(19-22-9-4-3-5-10-22)14-8-16-29(21-26)24-12-17-28(18-13-24)20-23-11-6-7-15-27-23/h3-7,9-11,15,24H,2,8,12-14,16-21H2,1H3. The minimum Gasteiger partial charge on any atom is -0.466 e. The van der Waals surface area contributed by atoms with E-state index in [0.29, 0.717) is 12.6 Å². The summed E-state index contributed by atoms with van der Waals surface area (Å²) in [7, 11) is 0. The second-order valence-electron chi connectivity index (χ2n) is 9.07. The highest BCUT2D eigenvalue weighted by Gasteiger charge is 2.45. The van der Waals surface area contributed by atoms with Gasteiger partial charge >= 0.3 is 5.97 Å². The molecule has 1 atom stereocenters. The first-order valence-corrected chi connectivity index (χ1v) is 11.8. The second-order valence-corrected chi connectivity index (χ2v) is 9.07. The Labute approximate surface area is 186 Å². The molecule has 0 radical (unpaired) electrons. The summed E-state index contributed by atoms with van der Waals surface area (Å²) < 4.78 is 5.60. The van der Waals surface area contributed by atoms with Crippen molar-refractivity contribution >= 4 is 5.97 Å². The number of pyridine rings is 1. The minimum atomic E-state index is -0.430. The second kappa shape index (κ2) is 10.4. The molecule has 4 rings (SSSR count). The fraction of sp³-hybridized carbons (Fsp3) is 0.538. The Morgan fingerprint density at radius 1 is 1.10 bits per heavy atom. The first-order valence-electron chi connectivity index (χ1n) is 11.8. The van der Waals surface area contributed by atoms with E-state index >= 15 is 0 Å². The van der Waals surface area contributed by atoms with E-state index in [1.54, 1.807) is 0 Å². The lowest BCUT2D eigenvalue weighted by Gasteiger charge is -2.46. The summed E-state index contributed by atoms with van der Waals surface area (Å²) in [5.41, 5.74) is 1.94. The monoisotopic (exact) mass is 421 g/mol. The molecule has 166 valence electrons. The molecule has 2 aliphatic rings. The molecule has 0 aliphatic carbocycles. The van der Waals surface area contributed by atoms with Crippen LogP contribution in [0.3, 0.4) is 0 Å². The Morgan fingerprint density at radius 2 is 1.87 bits per heavy atom. The molecule has 2 aliphatic heterocycles. The summed E-state index contributed by atoms with van der Waals surface area (Å²) in [6.45, 7) is 7.35. The topological polar surface area (TPSA) is 45.7 Å². The smallest absolute Gasteiger partial charge is 0.313 e. The number of benzene rings is 1. The van der Waals surface area contributed by atoms with Crippen LogP contribution in [0.1, 0.15) is 43.9 Å². The lowest BCUT2D eigenvalue weighted by molar-refractivity contribution is -0.160. The van der Waals surface area contributed by atoms with Gasteiger partial charge in [0.15, 0.2) is 0 Å². The lowest BCUT2D eigenvalue weighted by atomic mass is 9.74. The largest absolute Gasteiger partial charge is 0.466 e. The molecule has 1 unspecified atom stereocenters. The van der Waals surface area contributed by atoms with E-state index < -0.39 is 5.41 Å². The number of piperidine rings is 2. The average molecular weight is 422 g/mol. The molecule has 2 fully saturated rings. The molecule has 3 heterocycles. The van der Waals surface area contributed by atoms with E-state index in [0.717, 1.165) is 70.5 Å². The van der Waals surface area contributed by atoms with Crippen LogP contribution in [0.5, 0.6) is 0 Å². The number of aromatic nitrogens is 1. The molecule has 0 saturated carbocycles. The summed E-state index contributed by atoms with van der Waals surface area (Å²) in [6, 6.07) is 17.1. The fourth-order valence-electron chi connectivity index (χ4n) is 5.30. The van der Waals surface area contributed by atoms with Crippen molar-refractivity contribution in [2.45, 2.75) is 51.6 Å². The van der Waals surface area contributed by atoms with Crippen LogP contribution in [-0.2, 0) is 22.5 Å². The van der Waals surface area contributed by atoms with Gasteiger partial charge in [0.05, 0.1) is 17.7 Å². The summed E-state index contributed by atoms with van der Waals surface area (Å²) in [6.07, 6.45) is 6.91. The van der Waals surface area contributed by atoms with Crippen molar-refractivity contribution < 1.29 is 9.53 Å². The van der Waals surface area contributed by atoms with Crippen LogP contribution in [0.25, 0.3) is 0 Å². The predicted octanol–water partition coefficient (Wildman–Crippen LogP) is 3.93. The molecule has 0 bridgehead atoms. The number of hydrogen-bond donors (Lipinski definition) is 0. The summed E-state index contributed by atoms with van der Waals surface area (Å²) in [5, 5.41) is 0. The van der Waals surface area contributed by atoms with E-state index in [1.165, 1.54) is 5.56 Å². The van der Waals surface area contributed by atoms with Gasteiger partial charge in [0.25, 0.3) is 0 Å². The van der Waals surface area contributed by atoms with Crippen LogP contribution in [0.4, 0.5) is 0 Å². The maximum Gasteiger partial charge on any atom is 0.313 e. The quantitative estimate of drug-likeness (QED) is 0.634. The van der Waals surface area contributed by atoms with Crippen molar-refractivity contribution in [3.8, 4) is 0 Å². The van der Waals surface area contributed by atoms with Crippen LogP contribution in [-0.4, -0.2) is 59.6 Å². The molecule has 5 nitrogen and oxygen atoms in total. The Hall–Kier alpha value is -2.24. The van der Waals surface area contributed by atoms with Gasteiger partial charge in [-0.2, -0.15) is 0 Å². The molecule has 0 N–H and O–H groups in total. The van der Waals surface area contributed by atoms with Crippen molar-refractivity contribution in [3.63, 3.8) is 0 Å². The van der Waals surface area contributed by atoms with Gasteiger partial charge in [-0.25, -0.2) is 0 Å².